The molecule has 32 heavy (non-hydrogen) atoms. The number of rotatable bonds is 12. The molecule has 10 heteroatoms. The summed E-state index contributed by atoms with van der Waals surface area (Å²) in [6.45, 7) is 6.59. The Morgan fingerprint density at radius 1 is 0.906 bits per heavy atom. The van der Waals surface area contributed by atoms with Crippen LogP contribution in [-0.4, -0.2) is 38.6 Å². The highest BCUT2D eigenvalue weighted by Crippen LogP contribution is 2.51. The van der Waals surface area contributed by atoms with Gasteiger partial charge in [-0.05, 0) is 70.5 Å². The van der Waals surface area contributed by atoms with Crippen LogP contribution in [0.4, 0.5) is 4.79 Å². The van der Waals surface area contributed by atoms with Gasteiger partial charge in [0.25, 0.3) is 0 Å². The molecule has 0 saturated carbocycles. The van der Waals surface area contributed by atoms with Gasteiger partial charge in [-0.3, -0.25) is 13.8 Å². The van der Waals surface area contributed by atoms with E-state index in [-0.39, 0.29) is 23.6 Å². The van der Waals surface area contributed by atoms with E-state index < -0.39 is 35.3 Å². The highest BCUT2D eigenvalue weighted by Gasteiger charge is 2.37. The van der Waals surface area contributed by atoms with Gasteiger partial charge in [0.05, 0.1) is 22.9 Å². The molecule has 0 heterocycles. The first kappa shape index (κ1) is 26.1. The zero-order chi connectivity index (χ0) is 23.8. The number of benzene rings is 2. The second-order valence-corrected chi connectivity index (χ2v) is 11.5. The summed E-state index contributed by atoms with van der Waals surface area (Å²) in [5.74, 6) is 0.986. The van der Waals surface area contributed by atoms with E-state index in [1.165, 1.54) is 12.1 Å². The summed E-state index contributed by atoms with van der Waals surface area (Å²) in [5, 5.41) is 2.46. The van der Waals surface area contributed by atoms with Crippen molar-refractivity contribution in [2.24, 2.45) is 0 Å². The van der Waals surface area contributed by atoms with E-state index in [1.807, 2.05) is 18.2 Å². The van der Waals surface area contributed by atoms with E-state index in [9.17, 15) is 17.8 Å². The lowest BCUT2D eigenvalue weighted by Gasteiger charge is -2.21. The molecule has 0 aliphatic carbocycles. The van der Waals surface area contributed by atoms with Crippen LogP contribution in [0.2, 0.25) is 0 Å². The van der Waals surface area contributed by atoms with Gasteiger partial charge in [-0.1, -0.05) is 18.2 Å². The summed E-state index contributed by atoms with van der Waals surface area (Å²) in [5.41, 5.74) is -0.875. The van der Waals surface area contributed by atoms with Crippen LogP contribution in [0.3, 0.4) is 0 Å². The molecule has 2 rings (SSSR count). The number of hydrogen-bond acceptors (Lipinski definition) is 7. The summed E-state index contributed by atoms with van der Waals surface area (Å²) >= 11 is 0. The second kappa shape index (κ2) is 11.6. The SMILES string of the molecule is CC(C)OP(=O)(OC(C)C)C(=O)NCCCS(=O)(=O)c1ccc(Oc2ccccc2)cc1. The van der Waals surface area contributed by atoms with Gasteiger partial charge in [-0.25, -0.2) is 13.0 Å². The fraction of sp³-hybridized carbons (Fsp3) is 0.409. The zero-order valence-electron chi connectivity index (χ0n) is 18.7. The molecule has 0 spiro atoms. The molecular formula is C22H30NO7PS. The number of sulfone groups is 1. The van der Waals surface area contributed by atoms with Crippen molar-refractivity contribution in [1.29, 1.82) is 0 Å². The predicted molar refractivity (Wildman–Crippen MR) is 123 cm³/mol. The topological polar surface area (TPSA) is 108 Å². The molecule has 0 aromatic heterocycles. The molecule has 0 aliphatic heterocycles. The summed E-state index contributed by atoms with van der Waals surface area (Å²) in [7, 11) is -7.57. The standard InChI is InChI=1S/C22H30NO7PS/c1-17(2)29-31(25,30-18(3)4)22(24)23-15-8-16-32(26,27)21-13-11-20(12-14-21)28-19-9-6-5-7-10-19/h5-7,9-14,17-18H,8,15-16H2,1-4H3,(H,23,24). The predicted octanol–water partition coefficient (Wildman–Crippen LogP) is 5.40. The molecule has 0 fully saturated rings. The van der Waals surface area contributed by atoms with Crippen LogP contribution >= 0.6 is 7.60 Å². The van der Waals surface area contributed by atoms with Crippen LogP contribution in [-0.2, 0) is 23.4 Å². The Morgan fingerprint density at radius 2 is 1.44 bits per heavy atom. The van der Waals surface area contributed by atoms with Crippen molar-refractivity contribution in [2.75, 3.05) is 12.3 Å². The minimum atomic E-state index is -4.01. The largest absolute Gasteiger partial charge is 0.457 e. The van der Waals surface area contributed by atoms with Gasteiger partial charge in [-0.15, -0.1) is 0 Å². The highest BCUT2D eigenvalue weighted by atomic mass is 32.2. The van der Waals surface area contributed by atoms with Crippen molar-refractivity contribution >= 4 is 23.1 Å². The Morgan fingerprint density at radius 3 is 1.97 bits per heavy atom. The number of carbonyl (C=O) groups excluding carboxylic acids is 1. The second-order valence-electron chi connectivity index (χ2n) is 7.60. The fourth-order valence-corrected chi connectivity index (χ4v) is 5.66. The summed E-state index contributed by atoms with van der Waals surface area (Å²) in [6.07, 6.45) is -0.807. The van der Waals surface area contributed by atoms with E-state index in [2.05, 4.69) is 5.32 Å². The monoisotopic (exact) mass is 483 g/mol. The van der Waals surface area contributed by atoms with Gasteiger partial charge in [0.1, 0.15) is 11.5 Å². The maximum absolute atomic E-state index is 12.7. The third-order valence-electron chi connectivity index (χ3n) is 3.98. The number of ether oxygens (including phenoxy) is 1. The van der Waals surface area contributed by atoms with E-state index >= 15 is 0 Å². The number of hydrogen-bond donors (Lipinski definition) is 1. The number of carbonyl (C=O) groups is 1. The zero-order valence-corrected chi connectivity index (χ0v) is 20.4. The van der Waals surface area contributed by atoms with E-state index in [0.29, 0.717) is 11.5 Å². The van der Waals surface area contributed by atoms with E-state index in [0.717, 1.165) is 0 Å². The third-order valence-corrected chi connectivity index (χ3v) is 7.85. The van der Waals surface area contributed by atoms with Crippen molar-refractivity contribution in [2.45, 2.75) is 51.2 Å². The van der Waals surface area contributed by atoms with E-state index in [1.54, 1.807) is 52.0 Å². The Hall–Kier alpha value is -2.19. The molecule has 1 amide bonds. The average molecular weight is 484 g/mol. The van der Waals surface area contributed by atoms with Crippen molar-refractivity contribution < 1.29 is 31.6 Å². The van der Waals surface area contributed by atoms with Gasteiger partial charge in [0, 0.05) is 6.54 Å². The molecule has 0 unspecified atom stereocenters. The van der Waals surface area contributed by atoms with Gasteiger partial charge < -0.3 is 10.1 Å². The molecule has 0 radical (unpaired) electrons. The maximum Gasteiger partial charge on any atom is 0.418 e. The van der Waals surface area contributed by atoms with Gasteiger partial charge in [0.15, 0.2) is 9.84 Å². The lowest BCUT2D eigenvalue weighted by Crippen LogP contribution is -2.27. The maximum atomic E-state index is 12.7. The van der Waals surface area contributed by atoms with Crippen LogP contribution in [0.15, 0.2) is 59.5 Å². The third kappa shape index (κ3) is 8.06. The molecule has 0 saturated heterocycles. The van der Waals surface area contributed by atoms with E-state index in [4.69, 9.17) is 13.8 Å². The smallest absolute Gasteiger partial charge is 0.418 e. The summed E-state index contributed by atoms with van der Waals surface area (Å²) < 4.78 is 54.0. The average Bonchev–Trinajstić information content (AvgIpc) is 2.71. The lowest BCUT2D eigenvalue weighted by molar-refractivity contribution is 0.143. The van der Waals surface area contributed by atoms with Crippen molar-refractivity contribution in [3.05, 3.63) is 54.6 Å². The van der Waals surface area contributed by atoms with Gasteiger partial charge in [-0.2, -0.15) is 0 Å². The lowest BCUT2D eigenvalue weighted by atomic mass is 10.3. The van der Waals surface area contributed by atoms with Crippen LogP contribution in [0.25, 0.3) is 0 Å². The molecule has 0 bridgehead atoms. The number of amides is 1. The molecule has 2 aromatic rings. The molecule has 0 aliphatic rings. The number of para-hydroxylation sites is 1. The van der Waals surface area contributed by atoms with Crippen molar-refractivity contribution in [1.82, 2.24) is 5.32 Å². The molecular weight excluding hydrogens is 453 g/mol. The van der Waals surface area contributed by atoms with Gasteiger partial charge in [0.2, 0.25) is 0 Å². The Bertz CT molecular complexity index is 1010. The Kier molecular flexibility index (Phi) is 9.46. The Balaban J connectivity index is 1.90. The quantitative estimate of drug-likeness (QED) is 0.318. The summed E-state index contributed by atoms with van der Waals surface area (Å²) in [4.78, 5) is 12.5. The number of nitrogens with one attached hydrogen (secondary N) is 1. The van der Waals surface area contributed by atoms with Crippen LogP contribution in [0.1, 0.15) is 34.1 Å². The fourth-order valence-electron chi connectivity index (χ4n) is 2.69. The summed E-state index contributed by atoms with van der Waals surface area (Å²) in [6, 6.07) is 15.3. The normalized spacial score (nSPS) is 12.2. The van der Waals surface area contributed by atoms with Crippen LogP contribution < -0.4 is 10.1 Å². The first-order valence-corrected chi connectivity index (χ1v) is 13.5. The highest BCUT2D eigenvalue weighted by molar-refractivity contribution is 7.91. The van der Waals surface area contributed by atoms with Crippen LogP contribution in [0, 0.1) is 0 Å². The Labute approximate surface area is 189 Å². The van der Waals surface area contributed by atoms with Crippen LogP contribution in [0.5, 0.6) is 11.5 Å². The molecule has 8 nitrogen and oxygen atoms in total. The minimum absolute atomic E-state index is 0.0141. The molecule has 0 atom stereocenters. The van der Waals surface area contributed by atoms with Crippen molar-refractivity contribution in [3.63, 3.8) is 0 Å². The first-order valence-electron chi connectivity index (χ1n) is 10.3. The van der Waals surface area contributed by atoms with Crippen molar-refractivity contribution in [3.8, 4) is 11.5 Å². The molecule has 1 N–H and O–H groups in total. The molecule has 2 aromatic carbocycles. The minimum Gasteiger partial charge on any atom is -0.457 e. The van der Waals surface area contributed by atoms with Gasteiger partial charge >= 0.3 is 13.2 Å². The molecule has 176 valence electrons. The first-order chi connectivity index (χ1) is 15.0.